The quantitative estimate of drug-likeness (QED) is 0.749. The molecule has 0 unspecified atom stereocenters. The summed E-state index contributed by atoms with van der Waals surface area (Å²) in [4.78, 5) is 4.91. The molecule has 2 aliphatic rings. The number of nitrogens with zero attached hydrogens (tertiary/aromatic N) is 2. The first-order chi connectivity index (χ1) is 14.4. The van der Waals surface area contributed by atoms with E-state index in [-0.39, 0.29) is 22.8 Å². The minimum absolute atomic E-state index is 0.100. The van der Waals surface area contributed by atoms with E-state index in [1.165, 1.54) is 12.1 Å². The fourth-order valence-electron chi connectivity index (χ4n) is 4.53. The van der Waals surface area contributed by atoms with Crippen LogP contribution in [0.25, 0.3) is 0 Å². The van der Waals surface area contributed by atoms with Crippen molar-refractivity contribution in [2.45, 2.75) is 42.7 Å². The lowest BCUT2D eigenvalue weighted by Crippen LogP contribution is -2.58. The molecule has 4 rings (SSSR count). The minimum Gasteiger partial charge on any atom is -0.369 e. The van der Waals surface area contributed by atoms with Crippen molar-refractivity contribution in [3.63, 3.8) is 0 Å². The number of hydrogen-bond donors (Lipinski definition) is 1. The Morgan fingerprint density at radius 1 is 0.900 bits per heavy atom. The molecule has 0 radical (unpaired) electrons. The maximum absolute atomic E-state index is 13.2. The maximum atomic E-state index is 13.2. The zero-order valence-electron chi connectivity index (χ0n) is 16.8. The number of nitrogens with one attached hydrogen (secondary N) is 1. The summed E-state index contributed by atoms with van der Waals surface area (Å²) in [5.74, 6) is -0.226. The molecule has 30 heavy (non-hydrogen) atoms. The normalized spacial score (nSPS) is 23.5. The molecule has 1 aliphatic carbocycles. The van der Waals surface area contributed by atoms with E-state index in [2.05, 4.69) is 14.5 Å². The topological polar surface area (TPSA) is 52.7 Å². The van der Waals surface area contributed by atoms with Gasteiger partial charge in [0.25, 0.3) is 0 Å². The Labute approximate surface area is 182 Å². The van der Waals surface area contributed by atoms with E-state index in [1.54, 1.807) is 24.3 Å². The molecule has 0 amide bonds. The van der Waals surface area contributed by atoms with E-state index in [0.717, 1.165) is 57.5 Å². The van der Waals surface area contributed by atoms with Crippen molar-refractivity contribution in [2.75, 3.05) is 31.1 Å². The first-order valence-electron chi connectivity index (χ1n) is 10.4. The third-order valence-corrected chi connectivity index (χ3v) is 7.89. The van der Waals surface area contributed by atoms with Gasteiger partial charge in [-0.3, -0.25) is 4.90 Å². The van der Waals surface area contributed by atoms with Crippen LogP contribution in [0.5, 0.6) is 0 Å². The van der Waals surface area contributed by atoms with Gasteiger partial charge in [-0.05, 0) is 61.4 Å². The van der Waals surface area contributed by atoms with Crippen molar-refractivity contribution in [1.29, 1.82) is 0 Å². The third-order valence-electron chi connectivity index (χ3n) is 6.13. The van der Waals surface area contributed by atoms with Crippen LogP contribution in [0, 0.1) is 5.82 Å². The number of piperazine rings is 1. The van der Waals surface area contributed by atoms with Crippen molar-refractivity contribution >= 4 is 27.3 Å². The van der Waals surface area contributed by atoms with E-state index in [4.69, 9.17) is 11.6 Å². The molecule has 1 saturated carbocycles. The zero-order valence-corrected chi connectivity index (χ0v) is 18.4. The molecule has 1 aliphatic heterocycles. The fraction of sp³-hybridized carbons (Fsp3) is 0.455. The lowest BCUT2D eigenvalue weighted by Gasteiger charge is -2.44. The van der Waals surface area contributed by atoms with Crippen LogP contribution in [0.1, 0.15) is 25.7 Å². The highest BCUT2D eigenvalue weighted by Gasteiger charge is 2.34. The molecule has 5 nitrogen and oxygen atoms in total. The van der Waals surface area contributed by atoms with Crippen LogP contribution >= 0.6 is 11.6 Å². The summed E-state index contributed by atoms with van der Waals surface area (Å²) < 4.78 is 41.9. The molecule has 2 aromatic rings. The maximum Gasteiger partial charge on any atom is 0.240 e. The molecule has 2 fully saturated rings. The predicted molar refractivity (Wildman–Crippen MR) is 118 cm³/mol. The van der Waals surface area contributed by atoms with E-state index >= 15 is 0 Å². The van der Waals surface area contributed by atoms with Gasteiger partial charge in [0, 0.05) is 49.0 Å². The number of hydrogen-bond acceptors (Lipinski definition) is 4. The van der Waals surface area contributed by atoms with Gasteiger partial charge in [0.05, 0.1) is 4.90 Å². The summed E-state index contributed by atoms with van der Waals surface area (Å²) in [7, 11) is -3.59. The second-order valence-corrected chi connectivity index (χ2v) is 10.2. The zero-order chi connectivity index (χ0) is 21.1. The van der Waals surface area contributed by atoms with Gasteiger partial charge in [-0.2, -0.15) is 0 Å². The van der Waals surface area contributed by atoms with Gasteiger partial charge in [0.2, 0.25) is 10.0 Å². The van der Waals surface area contributed by atoms with Crippen LogP contribution in [-0.4, -0.2) is 51.6 Å². The second kappa shape index (κ2) is 9.22. The van der Waals surface area contributed by atoms with Crippen LogP contribution in [-0.2, 0) is 10.0 Å². The number of halogens is 2. The highest BCUT2D eigenvalue weighted by Crippen LogP contribution is 2.27. The summed E-state index contributed by atoms with van der Waals surface area (Å²) in [6.07, 6.45) is 3.97. The summed E-state index contributed by atoms with van der Waals surface area (Å²) in [6, 6.07) is 13.0. The molecule has 1 heterocycles. The van der Waals surface area contributed by atoms with E-state index in [9.17, 15) is 12.8 Å². The van der Waals surface area contributed by atoms with Crippen molar-refractivity contribution in [3.8, 4) is 0 Å². The highest BCUT2D eigenvalue weighted by atomic mass is 35.5. The average molecular weight is 452 g/mol. The van der Waals surface area contributed by atoms with Gasteiger partial charge in [0.1, 0.15) is 5.82 Å². The van der Waals surface area contributed by atoms with Crippen molar-refractivity contribution in [3.05, 3.63) is 59.4 Å². The number of rotatable bonds is 5. The van der Waals surface area contributed by atoms with Gasteiger partial charge in [0.15, 0.2) is 0 Å². The summed E-state index contributed by atoms with van der Waals surface area (Å²) in [5, 5.41) is 0.517. The van der Waals surface area contributed by atoms with Crippen LogP contribution in [0.3, 0.4) is 0 Å². The largest absolute Gasteiger partial charge is 0.369 e. The molecule has 2 atom stereocenters. The fourth-order valence-corrected chi connectivity index (χ4v) is 5.96. The lowest BCUT2D eigenvalue weighted by molar-refractivity contribution is 0.124. The molecule has 2 aromatic carbocycles. The van der Waals surface area contributed by atoms with Crippen molar-refractivity contribution in [1.82, 2.24) is 9.62 Å². The smallest absolute Gasteiger partial charge is 0.240 e. The molecule has 0 spiro atoms. The summed E-state index contributed by atoms with van der Waals surface area (Å²) >= 11 is 5.90. The average Bonchev–Trinajstić information content (AvgIpc) is 2.75. The molecule has 162 valence electrons. The van der Waals surface area contributed by atoms with Gasteiger partial charge >= 0.3 is 0 Å². The van der Waals surface area contributed by atoms with Crippen LogP contribution in [0.2, 0.25) is 5.02 Å². The Kier molecular flexibility index (Phi) is 6.63. The van der Waals surface area contributed by atoms with E-state index in [1.807, 2.05) is 12.1 Å². The van der Waals surface area contributed by atoms with Crippen LogP contribution in [0.4, 0.5) is 10.1 Å². The van der Waals surface area contributed by atoms with Crippen LogP contribution in [0.15, 0.2) is 53.4 Å². The SMILES string of the molecule is O=S(=O)(N[C@H]1CCCC[C@H]1N1CCN(c2ccc(F)cc2)CC1)c1ccc(Cl)cc1. The van der Waals surface area contributed by atoms with Gasteiger partial charge in [-0.25, -0.2) is 17.5 Å². The Balaban J connectivity index is 1.41. The molecular formula is C22H27ClFN3O2S. The molecule has 8 heteroatoms. The molecule has 0 bridgehead atoms. The predicted octanol–water partition coefficient (Wildman–Crippen LogP) is 3.89. The first-order valence-corrected chi connectivity index (χ1v) is 12.3. The highest BCUT2D eigenvalue weighted by molar-refractivity contribution is 7.89. The molecule has 1 N–H and O–H groups in total. The number of sulfonamides is 1. The van der Waals surface area contributed by atoms with Gasteiger partial charge < -0.3 is 4.90 Å². The Bertz CT molecular complexity index is 945. The van der Waals surface area contributed by atoms with Crippen LogP contribution < -0.4 is 9.62 Å². The van der Waals surface area contributed by atoms with E-state index < -0.39 is 10.0 Å². The third kappa shape index (κ3) is 4.97. The minimum atomic E-state index is -3.59. The van der Waals surface area contributed by atoms with Crippen molar-refractivity contribution < 1.29 is 12.8 Å². The second-order valence-electron chi connectivity index (χ2n) is 8.03. The molecule has 1 saturated heterocycles. The number of anilines is 1. The number of benzene rings is 2. The Morgan fingerprint density at radius 3 is 2.20 bits per heavy atom. The Hall–Kier alpha value is -1.67. The molecular weight excluding hydrogens is 425 g/mol. The monoisotopic (exact) mass is 451 g/mol. The summed E-state index contributed by atoms with van der Waals surface area (Å²) in [5.41, 5.74) is 1.03. The van der Waals surface area contributed by atoms with E-state index in [0.29, 0.717) is 5.02 Å². The summed E-state index contributed by atoms with van der Waals surface area (Å²) in [6.45, 7) is 3.42. The van der Waals surface area contributed by atoms with Gasteiger partial charge in [-0.15, -0.1) is 0 Å². The first kappa shape index (κ1) is 21.6. The standard InChI is InChI=1S/C22H27ClFN3O2S/c23-17-5-11-20(12-6-17)30(28,29)25-21-3-1-2-4-22(21)27-15-13-26(14-16-27)19-9-7-18(24)8-10-19/h5-12,21-22,25H,1-4,13-16H2/t21-,22+/m0/s1. The Morgan fingerprint density at radius 2 is 1.53 bits per heavy atom. The molecule has 0 aromatic heterocycles. The van der Waals surface area contributed by atoms with Gasteiger partial charge in [-0.1, -0.05) is 24.4 Å². The van der Waals surface area contributed by atoms with Crippen molar-refractivity contribution in [2.24, 2.45) is 0 Å². The lowest BCUT2D eigenvalue weighted by atomic mass is 9.89.